The fourth-order valence-corrected chi connectivity index (χ4v) is 1.62. The van der Waals surface area contributed by atoms with E-state index in [1.54, 1.807) is 31.2 Å². The lowest BCUT2D eigenvalue weighted by molar-refractivity contribution is -0.129. The Hall–Kier alpha value is -1.42. The minimum Gasteiger partial charge on any atom is -0.495 e. The number of carbonyl (C=O) groups excluding carboxylic acids is 1. The van der Waals surface area contributed by atoms with Gasteiger partial charge in [0.2, 0.25) is 5.91 Å². The summed E-state index contributed by atoms with van der Waals surface area (Å²) in [6, 6.07) is 5.52. The molecule has 1 amide bonds. The van der Waals surface area contributed by atoms with E-state index in [9.17, 15) is 4.79 Å². The van der Waals surface area contributed by atoms with Crippen LogP contribution >= 0.6 is 11.6 Å². The number of likely N-dealkylation sites (N-methyl/N-ethyl adjacent to an activating group) is 1. The van der Waals surface area contributed by atoms with E-state index >= 15 is 0 Å². The zero-order valence-corrected chi connectivity index (χ0v) is 11.9. The Balaban J connectivity index is 2.59. The Morgan fingerprint density at radius 2 is 2.17 bits per heavy atom. The Labute approximate surface area is 113 Å². The van der Waals surface area contributed by atoms with Gasteiger partial charge >= 0.3 is 0 Å². The lowest BCUT2D eigenvalue weighted by Gasteiger charge is -2.21. The van der Waals surface area contributed by atoms with E-state index in [1.165, 1.54) is 0 Å². The molecule has 1 N–H and O–H groups in total. The molecule has 4 nitrogen and oxygen atoms in total. The number of hydrogen-bond donors (Lipinski definition) is 1. The van der Waals surface area contributed by atoms with Crippen LogP contribution in [0, 0.1) is 0 Å². The molecule has 0 aromatic heterocycles. The quantitative estimate of drug-likeness (QED) is 0.894. The summed E-state index contributed by atoms with van der Waals surface area (Å²) in [6.45, 7) is 4.20. The molecule has 1 aromatic rings. The molecular weight excluding hydrogens is 252 g/mol. The number of benzene rings is 1. The molecule has 0 saturated carbocycles. The SMILES string of the molecule is COc1ccc(NCC(=O)N(C)C(C)C)cc1Cl. The fourth-order valence-electron chi connectivity index (χ4n) is 1.37. The van der Waals surface area contributed by atoms with Crippen molar-refractivity contribution in [2.45, 2.75) is 19.9 Å². The number of amides is 1. The van der Waals surface area contributed by atoms with Crippen LogP contribution in [0.1, 0.15) is 13.8 Å². The third kappa shape index (κ3) is 3.81. The second kappa shape index (κ2) is 6.50. The summed E-state index contributed by atoms with van der Waals surface area (Å²) >= 11 is 6.00. The molecule has 0 fully saturated rings. The Morgan fingerprint density at radius 1 is 1.50 bits per heavy atom. The van der Waals surface area contributed by atoms with Crippen LogP contribution < -0.4 is 10.1 Å². The number of ether oxygens (including phenoxy) is 1. The minimum absolute atomic E-state index is 0.0388. The smallest absolute Gasteiger partial charge is 0.241 e. The van der Waals surface area contributed by atoms with Gasteiger partial charge < -0.3 is 15.0 Å². The van der Waals surface area contributed by atoms with Gasteiger partial charge in [0.1, 0.15) is 5.75 Å². The summed E-state index contributed by atoms with van der Waals surface area (Å²) in [6.07, 6.45) is 0. The Kier molecular flexibility index (Phi) is 5.28. The van der Waals surface area contributed by atoms with Crippen molar-refractivity contribution in [3.8, 4) is 5.75 Å². The highest BCUT2D eigenvalue weighted by molar-refractivity contribution is 6.32. The second-order valence-corrected chi connectivity index (χ2v) is 4.71. The monoisotopic (exact) mass is 270 g/mol. The normalized spacial score (nSPS) is 10.3. The number of anilines is 1. The molecule has 0 aliphatic heterocycles. The predicted molar refractivity (Wildman–Crippen MR) is 74.4 cm³/mol. The van der Waals surface area contributed by atoms with Gasteiger partial charge in [-0.2, -0.15) is 0 Å². The van der Waals surface area contributed by atoms with Crippen molar-refractivity contribution in [3.05, 3.63) is 23.2 Å². The van der Waals surface area contributed by atoms with E-state index in [0.717, 1.165) is 5.69 Å². The van der Waals surface area contributed by atoms with Crippen LogP contribution in [0.4, 0.5) is 5.69 Å². The highest BCUT2D eigenvalue weighted by Crippen LogP contribution is 2.26. The number of halogens is 1. The summed E-state index contributed by atoms with van der Waals surface area (Å²) in [5, 5.41) is 3.56. The van der Waals surface area contributed by atoms with Gasteiger partial charge in [0.05, 0.1) is 18.7 Å². The van der Waals surface area contributed by atoms with Crippen molar-refractivity contribution in [1.29, 1.82) is 0 Å². The third-order valence-corrected chi connectivity index (χ3v) is 3.06. The summed E-state index contributed by atoms with van der Waals surface area (Å²) in [4.78, 5) is 13.5. The summed E-state index contributed by atoms with van der Waals surface area (Å²) < 4.78 is 5.06. The molecule has 0 unspecified atom stereocenters. The second-order valence-electron chi connectivity index (χ2n) is 4.30. The van der Waals surface area contributed by atoms with Gasteiger partial charge in [0, 0.05) is 18.8 Å². The zero-order valence-electron chi connectivity index (χ0n) is 11.2. The standard InChI is InChI=1S/C13H19ClN2O2/c1-9(2)16(3)13(17)8-15-10-5-6-12(18-4)11(14)7-10/h5-7,9,15H,8H2,1-4H3. The summed E-state index contributed by atoms with van der Waals surface area (Å²) in [7, 11) is 3.35. The van der Waals surface area contributed by atoms with Crippen molar-refractivity contribution < 1.29 is 9.53 Å². The van der Waals surface area contributed by atoms with Gasteiger partial charge in [-0.15, -0.1) is 0 Å². The fraction of sp³-hybridized carbons (Fsp3) is 0.462. The molecule has 1 rings (SSSR count). The molecule has 0 spiro atoms. The number of nitrogens with one attached hydrogen (secondary N) is 1. The Morgan fingerprint density at radius 3 is 2.67 bits per heavy atom. The lowest BCUT2D eigenvalue weighted by Crippen LogP contribution is -2.37. The van der Waals surface area contributed by atoms with Gasteiger partial charge in [-0.3, -0.25) is 4.79 Å². The van der Waals surface area contributed by atoms with Crippen molar-refractivity contribution in [3.63, 3.8) is 0 Å². The molecule has 100 valence electrons. The van der Waals surface area contributed by atoms with Gasteiger partial charge in [-0.05, 0) is 32.0 Å². The van der Waals surface area contributed by atoms with Gasteiger partial charge in [0.25, 0.3) is 0 Å². The zero-order chi connectivity index (χ0) is 13.7. The number of nitrogens with zero attached hydrogens (tertiary/aromatic N) is 1. The molecule has 0 saturated heterocycles. The molecule has 0 aliphatic carbocycles. The molecule has 5 heteroatoms. The first kappa shape index (κ1) is 14.6. The van der Waals surface area contributed by atoms with E-state index in [1.807, 2.05) is 19.9 Å². The van der Waals surface area contributed by atoms with Crippen molar-refractivity contribution in [2.75, 3.05) is 26.0 Å². The molecular formula is C13H19ClN2O2. The predicted octanol–water partition coefficient (Wildman–Crippen LogP) is 2.63. The molecule has 0 atom stereocenters. The van der Waals surface area contributed by atoms with Crippen LogP contribution in [-0.2, 0) is 4.79 Å². The first-order chi connectivity index (χ1) is 8.45. The third-order valence-electron chi connectivity index (χ3n) is 2.76. The molecule has 0 bridgehead atoms. The lowest BCUT2D eigenvalue weighted by atomic mass is 10.3. The highest BCUT2D eigenvalue weighted by atomic mass is 35.5. The maximum atomic E-state index is 11.8. The van der Waals surface area contributed by atoms with Crippen molar-refractivity contribution in [1.82, 2.24) is 4.90 Å². The van der Waals surface area contributed by atoms with Crippen LogP contribution in [0.3, 0.4) is 0 Å². The van der Waals surface area contributed by atoms with Crippen LogP contribution in [0.5, 0.6) is 5.75 Å². The topological polar surface area (TPSA) is 41.6 Å². The van der Waals surface area contributed by atoms with E-state index in [2.05, 4.69) is 5.32 Å². The van der Waals surface area contributed by atoms with Crippen LogP contribution in [0.2, 0.25) is 5.02 Å². The first-order valence-corrected chi connectivity index (χ1v) is 6.16. The van der Waals surface area contributed by atoms with E-state index in [4.69, 9.17) is 16.3 Å². The summed E-state index contributed by atoms with van der Waals surface area (Å²) in [5.74, 6) is 0.657. The largest absolute Gasteiger partial charge is 0.495 e. The van der Waals surface area contributed by atoms with Crippen molar-refractivity contribution in [2.24, 2.45) is 0 Å². The first-order valence-electron chi connectivity index (χ1n) is 5.78. The molecule has 0 radical (unpaired) electrons. The van der Waals surface area contributed by atoms with E-state index < -0.39 is 0 Å². The average Bonchev–Trinajstić information content (AvgIpc) is 2.35. The van der Waals surface area contributed by atoms with Gasteiger partial charge in [-0.25, -0.2) is 0 Å². The number of hydrogen-bond acceptors (Lipinski definition) is 3. The van der Waals surface area contributed by atoms with E-state index in [-0.39, 0.29) is 18.5 Å². The maximum Gasteiger partial charge on any atom is 0.241 e. The molecule has 18 heavy (non-hydrogen) atoms. The minimum atomic E-state index is 0.0388. The molecule has 0 aliphatic rings. The summed E-state index contributed by atoms with van der Waals surface area (Å²) in [5.41, 5.74) is 0.798. The van der Waals surface area contributed by atoms with Crippen LogP contribution in [0.25, 0.3) is 0 Å². The maximum absolute atomic E-state index is 11.8. The molecule has 1 aromatic carbocycles. The van der Waals surface area contributed by atoms with Gasteiger partial charge in [-0.1, -0.05) is 11.6 Å². The number of carbonyl (C=O) groups is 1. The Bertz CT molecular complexity index is 421. The van der Waals surface area contributed by atoms with Gasteiger partial charge in [0.15, 0.2) is 0 Å². The number of methoxy groups -OCH3 is 1. The van der Waals surface area contributed by atoms with Crippen molar-refractivity contribution >= 4 is 23.2 Å². The average molecular weight is 271 g/mol. The molecule has 0 heterocycles. The van der Waals surface area contributed by atoms with E-state index in [0.29, 0.717) is 10.8 Å². The van der Waals surface area contributed by atoms with Crippen LogP contribution in [-0.4, -0.2) is 37.6 Å². The van der Waals surface area contributed by atoms with Crippen LogP contribution in [0.15, 0.2) is 18.2 Å². The highest BCUT2D eigenvalue weighted by Gasteiger charge is 2.11. The number of rotatable bonds is 5.